The summed E-state index contributed by atoms with van der Waals surface area (Å²) in [6.45, 7) is 0. The first-order valence-electron chi connectivity index (χ1n) is 14.4. The molecule has 0 bridgehead atoms. The van der Waals surface area contributed by atoms with E-state index in [9.17, 15) is 9.59 Å². The molecule has 0 saturated carbocycles. The van der Waals surface area contributed by atoms with E-state index in [-0.39, 0.29) is 11.8 Å². The average molecular weight is 625 g/mol. The molecule has 6 N–H and O–H groups in total. The van der Waals surface area contributed by atoms with Crippen LogP contribution in [0.2, 0.25) is 0 Å². The highest BCUT2D eigenvalue weighted by molar-refractivity contribution is 6.04. The predicted molar refractivity (Wildman–Crippen MR) is 179 cm³/mol. The smallest absolute Gasteiger partial charge is 0.257 e. The Balaban J connectivity index is 0.976. The summed E-state index contributed by atoms with van der Waals surface area (Å²) < 4.78 is 17.3. The molecule has 47 heavy (non-hydrogen) atoms. The lowest BCUT2D eigenvalue weighted by atomic mass is 10.2. The number of ether oxygens (including phenoxy) is 3. The van der Waals surface area contributed by atoms with Crippen LogP contribution in [0.4, 0.5) is 22.7 Å². The minimum absolute atomic E-state index is 0.318. The number of rotatable bonds is 10. The van der Waals surface area contributed by atoms with Crippen molar-refractivity contribution in [1.29, 1.82) is 0 Å². The highest BCUT2D eigenvalue weighted by Crippen LogP contribution is 2.26. The summed E-state index contributed by atoms with van der Waals surface area (Å²) in [7, 11) is 0. The van der Waals surface area contributed by atoms with Gasteiger partial charge in [-0.3, -0.25) is 9.59 Å². The van der Waals surface area contributed by atoms with Gasteiger partial charge in [-0.05, 0) is 109 Å². The molecule has 6 aromatic rings. The normalized spacial score (nSPS) is 10.5. The van der Waals surface area contributed by atoms with Crippen LogP contribution in [0.25, 0.3) is 0 Å². The maximum atomic E-state index is 12.7. The highest BCUT2D eigenvalue weighted by atomic mass is 16.5. The highest BCUT2D eigenvalue weighted by Gasteiger charge is 2.10. The third kappa shape index (κ3) is 8.19. The third-order valence-corrected chi connectivity index (χ3v) is 6.66. The van der Waals surface area contributed by atoms with E-state index >= 15 is 0 Å². The van der Waals surface area contributed by atoms with Crippen LogP contribution in [0.15, 0.2) is 134 Å². The van der Waals surface area contributed by atoms with Crippen LogP contribution in [-0.2, 0) is 0 Å². The van der Waals surface area contributed by atoms with Crippen molar-refractivity contribution in [1.82, 2.24) is 9.97 Å². The minimum Gasteiger partial charge on any atom is -0.457 e. The summed E-state index contributed by atoms with van der Waals surface area (Å²) >= 11 is 0. The molecule has 0 radical (unpaired) electrons. The molecule has 6 rings (SSSR count). The number of carbonyl (C=O) groups is 2. The number of anilines is 4. The maximum Gasteiger partial charge on any atom is 0.257 e. The van der Waals surface area contributed by atoms with Crippen molar-refractivity contribution in [2.45, 2.75) is 0 Å². The molecule has 0 fully saturated rings. The topological polar surface area (TPSA) is 164 Å². The predicted octanol–water partition coefficient (Wildman–Crippen LogP) is 7.52. The van der Waals surface area contributed by atoms with E-state index in [4.69, 9.17) is 25.7 Å². The standard InChI is InChI=1S/C36H28N6O5/c37-25-3-11-31(12-4-25)46-33-19-1-23(21-39-33)35(43)41-27-7-15-29(16-8-27)45-30-17-9-28(10-18-30)42-36(44)24-2-20-34(40-22-24)47-32-13-5-26(38)6-14-32/h1-22H,37-38H2,(H,41,43)(H,42,44). The Morgan fingerprint density at radius 1 is 0.447 bits per heavy atom. The van der Waals surface area contributed by atoms with Gasteiger partial charge in [-0.2, -0.15) is 0 Å². The first kappa shape index (κ1) is 30.2. The van der Waals surface area contributed by atoms with Crippen LogP contribution in [0, 0.1) is 0 Å². The molecular weight excluding hydrogens is 596 g/mol. The van der Waals surface area contributed by atoms with Gasteiger partial charge in [0.05, 0.1) is 11.1 Å². The molecule has 2 aromatic heterocycles. The zero-order chi connectivity index (χ0) is 32.6. The summed E-state index contributed by atoms with van der Waals surface area (Å²) in [6.07, 6.45) is 2.88. The van der Waals surface area contributed by atoms with E-state index < -0.39 is 0 Å². The van der Waals surface area contributed by atoms with E-state index in [0.29, 0.717) is 68.6 Å². The van der Waals surface area contributed by atoms with E-state index in [2.05, 4.69) is 20.6 Å². The number of nitrogen functional groups attached to an aromatic ring is 2. The van der Waals surface area contributed by atoms with Crippen LogP contribution in [-0.4, -0.2) is 21.8 Å². The molecule has 11 heteroatoms. The molecule has 0 aliphatic heterocycles. The second-order valence-electron chi connectivity index (χ2n) is 10.2. The lowest BCUT2D eigenvalue weighted by Crippen LogP contribution is -2.12. The second kappa shape index (κ2) is 13.8. The van der Waals surface area contributed by atoms with Gasteiger partial charge in [0.15, 0.2) is 0 Å². The molecule has 0 saturated heterocycles. The van der Waals surface area contributed by atoms with Crippen molar-refractivity contribution in [3.8, 4) is 34.8 Å². The van der Waals surface area contributed by atoms with Crippen LogP contribution in [0.3, 0.4) is 0 Å². The van der Waals surface area contributed by atoms with Crippen LogP contribution >= 0.6 is 0 Å². The quantitative estimate of drug-likeness (QED) is 0.113. The molecule has 0 aliphatic carbocycles. The van der Waals surface area contributed by atoms with E-state index in [0.717, 1.165) is 0 Å². The molecular formula is C36H28N6O5. The van der Waals surface area contributed by atoms with Gasteiger partial charge >= 0.3 is 0 Å². The Kier molecular flexibility index (Phi) is 8.87. The zero-order valence-corrected chi connectivity index (χ0v) is 24.8. The lowest BCUT2D eigenvalue weighted by Gasteiger charge is -2.10. The van der Waals surface area contributed by atoms with Crippen molar-refractivity contribution >= 4 is 34.6 Å². The largest absolute Gasteiger partial charge is 0.457 e. The van der Waals surface area contributed by atoms with Gasteiger partial charge in [-0.1, -0.05) is 0 Å². The third-order valence-electron chi connectivity index (χ3n) is 6.66. The Morgan fingerprint density at radius 2 is 0.787 bits per heavy atom. The Hall–Kier alpha value is -6.88. The van der Waals surface area contributed by atoms with Crippen LogP contribution < -0.4 is 36.3 Å². The summed E-state index contributed by atoms with van der Waals surface area (Å²) in [4.78, 5) is 33.8. The molecule has 11 nitrogen and oxygen atoms in total. The Morgan fingerprint density at radius 3 is 1.13 bits per heavy atom. The fraction of sp³-hybridized carbons (Fsp3) is 0. The fourth-order valence-electron chi connectivity index (χ4n) is 4.22. The number of amides is 2. The number of nitrogens with zero attached hydrogens (tertiary/aromatic N) is 2. The maximum absolute atomic E-state index is 12.7. The summed E-state index contributed by atoms with van der Waals surface area (Å²) in [5, 5.41) is 5.67. The van der Waals surface area contributed by atoms with E-state index in [1.807, 2.05) is 0 Å². The van der Waals surface area contributed by atoms with Crippen molar-refractivity contribution in [2.75, 3.05) is 22.1 Å². The van der Waals surface area contributed by atoms with E-state index in [1.54, 1.807) is 121 Å². The van der Waals surface area contributed by atoms with Crippen molar-refractivity contribution in [3.05, 3.63) is 145 Å². The van der Waals surface area contributed by atoms with Crippen molar-refractivity contribution < 1.29 is 23.8 Å². The first-order chi connectivity index (χ1) is 22.9. The number of hydrogen-bond donors (Lipinski definition) is 4. The number of aromatic nitrogens is 2. The van der Waals surface area contributed by atoms with Gasteiger partial charge in [0.25, 0.3) is 11.8 Å². The number of hydrogen-bond acceptors (Lipinski definition) is 9. The molecule has 0 spiro atoms. The molecule has 2 heterocycles. The summed E-state index contributed by atoms with van der Waals surface area (Å²) in [5.74, 6) is 2.39. The first-order valence-corrected chi connectivity index (χ1v) is 14.4. The SMILES string of the molecule is Nc1ccc(Oc2ccc(C(=O)Nc3ccc(Oc4ccc(NC(=O)c5ccc(Oc6ccc(N)cc6)nc5)cc4)cc3)cn2)cc1. The Bertz CT molecular complexity index is 1820. The zero-order valence-electron chi connectivity index (χ0n) is 24.8. The van der Waals surface area contributed by atoms with Gasteiger partial charge in [-0.25, -0.2) is 9.97 Å². The number of carbonyl (C=O) groups excluding carboxylic acids is 2. The molecule has 2 amide bonds. The van der Waals surface area contributed by atoms with Gasteiger partial charge in [0.2, 0.25) is 11.8 Å². The summed E-state index contributed by atoms with van der Waals surface area (Å²) in [5.41, 5.74) is 14.6. The monoisotopic (exact) mass is 624 g/mol. The minimum atomic E-state index is -0.318. The van der Waals surface area contributed by atoms with Crippen molar-refractivity contribution in [3.63, 3.8) is 0 Å². The average Bonchev–Trinajstić information content (AvgIpc) is 3.09. The van der Waals surface area contributed by atoms with Crippen LogP contribution in [0.5, 0.6) is 34.8 Å². The van der Waals surface area contributed by atoms with E-state index in [1.165, 1.54) is 12.4 Å². The van der Waals surface area contributed by atoms with Gasteiger partial charge < -0.3 is 36.3 Å². The molecule has 0 unspecified atom stereocenters. The molecule has 232 valence electrons. The number of nitrogens with one attached hydrogen (secondary N) is 2. The summed E-state index contributed by atoms with van der Waals surface area (Å²) in [6, 6.07) is 34.2. The number of nitrogens with two attached hydrogens (primary N) is 2. The lowest BCUT2D eigenvalue weighted by molar-refractivity contribution is 0.101. The van der Waals surface area contributed by atoms with Gasteiger partial charge in [0.1, 0.15) is 23.0 Å². The molecule has 0 aliphatic rings. The van der Waals surface area contributed by atoms with Gasteiger partial charge in [0, 0.05) is 47.3 Å². The van der Waals surface area contributed by atoms with Gasteiger partial charge in [-0.15, -0.1) is 0 Å². The van der Waals surface area contributed by atoms with Crippen molar-refractivity contribution in [2.24, 2.45) is 0 Å². The number of pyridine rings is 2. The Labute approximate surface area is 269 Å². The second-order valence-corrected chi connectivity index (χ2v) is 10.2. The van der Waals surface area contributed by atoms with Crippen LogP contribution in [0.1, 0.15) is 20.7 Å². The number of benzene rings is 4. The fourth-order valence-corrected chi connectivity index (χ4v) is 4.22. The molecule has 0 atom stereocenters. The molecule has 4 aromatic carbocycles.